The predicted molar refractivity (Wildman–Crippen MR) is 74.1 cm³/mol. The molecule has 8 heteroatoms. The second-order valence-corrected chi connectivity index (χ2v) is 4.74. The van der Waals surface area contributed by atoms with E-state index in [1.165, 1.54) is 4.90 Å². The Morgan fingerprint density at radius 1 is 1.57 bits per heavy atom. The van der Waals surface area contributed by atoms with Crippen molar-refractivity contribution in [1.82, 2.24) is 4.98 Å². The van der Waals surface area contributed by atoms with Crippen LogP contribution in [0.25, 0.3) is 0 Å². The Morgan fingerprint density at radius 3 is 3.00 bits per heavy atom. The molecule has 0 saturated carbocycles. The summed E-state index contributed by atoms with van der Waals surface area (Å²) < 4.78 is 32.9. The number of halogens is 2. The number of morpholine rings is 1. The number of nitrogens with zero attached hydrogens (tertiary/aromatic N) is 2. The maximum absolute atomic E-state index is 14.0. The molecule has 3 N–H and O–H groups in total. The molecule has 1 atom stereocenters. The number of rotatable bonds is 5. The summed E-state index contributed by atoms with van der Waals surface area (Å²) >= 11 is 0. The molecule has 1 aromatic rings. The Morgan fingerprint density at radius 2 is 2.33 bits per heavy atom. The lowest BCUT2D eigenvalue weighted by Gasteiger charge is -2.34. The number of aromatic nitrogens is 1. The quantitative estimate of drug-likeness (QED) is 0.843. The zero-order valence-electron chi connectivity index (χ0n) is 11.7. The minimum absolute atomic E-state index is 0.0389. The van der Waals surface area contributed by atoms with Gasteiger partial charge in [-0.1, -0.05) is 6.92 Å². The van der Waals surface area contributed by atoms with Crippen molar-refractivity contribution in [3.63, 3.8) is 0 Å². The van der Waals surface area contributed by atoms with Gasteiger partial charge in [-0.25, -0.2) is 13.8 Å². The van der Waals surface area contributed by atoms with Crippen LogP contribution >= 0.6 is 0 Å². The molecular formula is C13H18F2N4O2. The van der Waals surface area contributed by atoms with Gasteiger partial charge in [-0.15, -0.1) is 0 Å². The summed E-state index contributed by atoms with van der Waals surface area (Å²) in [6.45, 7) is 3.07. The summed E-state index contributed by atoms with van der Waals surface area (Å²) in [6, 6.07) is -0.0568. The number of ether oxygens (including phenoxy) is 1. The lowest BCUT2D eigenvalue weighted by atomic mass is 10.2. The highest BCUT2D eigenvalue weighted by atomic mass is 19.1. The third kappa shape index (κ3) is 3.38. The first-order valence-corrected chi connectivity index (χ1v) is 6.78. The summed E-state index contributed by atoms with van der Waals surface area (Å²) in [5.41, 5.74) is 5.29. The molecule has 6 nitrogen and oxygen atoms in total. The summed E-state index contributed by atoms with van der Waals surface area (Å²) in [6.07, 6.45) is 0.773. The first-order valence-electron chi connectivity index (χ1n) is 6.78. The Labute approximate surface area is 121 Å². The van der Waals surface area contributed by atoms with Gasteiger partial charge in [-0.05, 0) is 6.42 Å². The highest BCUT2D eigenvalue weighted by Crippen LogP contribution is 2.25. The highest BCUT2D eigenvalue weighted by Gasteiger charge is 2.31. The predicted octanol–water partition coefficient (Wildman–Crippen LogP) is 0.872. The van der Waals surface area contributed by atoms with Crippen molar-refractivity contribution in [3.05, 3.63) is 17.7 Å². The van der Waals surface area contributed by atoms with E-state index in [2.05, 4.69) is 10.3 Å². The molecule has 1 fully saturated rings. The van der Waals surface area contributed by atoms with Crippen LogP contribution in [-0.2, 0) is 9.53 Å². The maximum Gasteiger partial charge on any atom is 0.242 e. The van der Waals surface area contributed by atoms with Gasteiger partial charge in [0.1, 0.15) is 6.04 Å². The van der Waals surface area contributed by atoms with Gasteiger partial charge in [-0.2, -0.15) is 0 Å². The zero-order chi connectivity index (χ0) is 15.4. The smallest absolute Gasteiger partial charge is 0.242 e. The van der Waals surface area contributed by atoms with Gasteiger partial charge in [-0.3, -0.25) is 4.79 Å². The van der Waals surface area contributed by atoms with E-state index < -0.39 is 23.6 Å². The number of pyridine rings is 1. The minimum Gasteiger partial charge on any atom is -0.377 e. The number of hydrogen-bond acceptors (Lipinski definition) is 5. The first-order chi connectivity index (χ1) is 10.0. The molecule has 0 aliphatic carbocycles. The van der Waals surface area contributed by atoms with E-state index in [1.54, 1.807) is 0 Å². The Bertz CT molecular complexity index is 527. The van der Waals surface area contributed by atoms with Crippen molar-refractivity contribution in [1.29, 1.82) is 0 Å². The van der Waals surface area contributed by atoms with Gasteiger partial charge in [0.2, 0.25) is 5.91 Å². The highest BCUT2D eigenvalue weighted by molar-refractivity contribution is 5.83. The van der Waals surface area contributed by atoms with Gasteiger partial charge < -0.3 is 20.7 Å². The third-order valence-electron chi connectivity index (χ3n) is 3.18. The SMILES string of the molecule is CCCNc1nc(N2CCOCC2C(N)=O)c(F)cc1F. The van der Waals surface area contributed by atoms with E-state index in [1.807, 2.05) is 6.92 Å². The Balaban J connectivity index is 2.34. The molecule has 1 aromatic heterocycles. The molecule has 1 saturated heterocycles. The molecule has 2 rings (SSSR count). The number of carbonyl (C=O) groups is 1. The fraction of sp³-hybridized carbons (Fsp3) is 0.538. The number of amides is 1. The number of nitrogens with one attached hydrogen (secondary N) is 1. The normalized spacial score (nSPS) is 18.6. The van der Waals surface area contributed by atoms with E-state index in [0.29, 0.717) is 13.2 Å². The van der Waals surface area contributed by atoms with Crippen LogP contribution in [0.15, 0.2) is 6.07 Å². The van der Waals surface area contributed by atoms with Crippen molar-refractivity contribution >= 4 is 17.5 Å². The van der Waals surface area contributed by atoms with Crippen LogP contribution in [0, 0.1) is 11.6 Å². The summed E-state index contributed by atoms with van der Waals surface area (Å²) in [7, 11) is 0. The molecule has 0 spiro atoms. The largest absolute Gasteiger partial charge is 0.377 e. The van der Waals surface area contributed by atoms with E-state index in [0.717, 1.165) is 12.5 Å². The first kappa shape index (κ1) is 15.4. The van der Waals surface area contributed by atoms with E-state index in [9.17, 15) is 13.6 Å². The average Bonchev–Trinajstić information content (AvgIpc) is 2.46. The van der Waals surface area contributed by atoms with Crippen LogP contribution in [-0.4, -0.2) is 43.2 Å². The molecule has 2 heterocycles. The van der Waals surface area contributed by atoms with Crippen molar-refractivity contribution < 1.29 is 18.3 Å². The second-order valence-electron chi connectivity index (χ2n) is 4.74. The summed E-state index contributed by atoms with van der Waals surface area (Å²) in [5.74, 6) is -2.37. The third-order valence-corrected chi connectivity index (χ3v) is 3.18. The van der Waals surface area contributed by atoms with E-state index in [-0.39, 0.29) is 24.8 Å². The van der Waals surface area contributed by atoms with Gasteiger partial charge in [0.25, 0.3) is 0 Å². The topological polar surface area (TPSA) is 80.5 Å². The molecule has 0 bridgehead atoms. The van der Waals surface area contributed by atoms with Gasteiger partial charge in [0.05, 0.1) is 13.2 Å². The molecule has 1 amide bonds. The molecule has 1 unspecified atom stereocenters. The van der Waals surface area contributed by atoms with Crippen LogP contribution in [0.4, 0.5) is 20.4 Å². The molecule has 1 aliphatic rings. The van der Waals surface area contributed by atoms with Crippen molar-refractivity contribution in [2.45, 2.75) is 19.4 Å². The molecular weight excluding hydrogens is 282 g/mol. The number of primary amides is 1. The van der Waals surface area contributed by atoms with Crippen LogP contribution in [0.1, 0.15) is 13.3 Å². The zero-order valence-corrected chi connectivity index (χ0v) is 11.7. The number of carbonyl (C=O) groups excluding carboxylic acids is 1. The molecule has 1 aliphatic heterocycles. The molecule has 0 radical (unpaired) electrons. The van der Waals surface area contributed by atoms with Crippen LogP contribution in [0.2, 0.25) is 0 Å². The van der Waals surface area contributed by atoms with Crippen molar-refractivity contribution in [2.75, 3.05) is 36.5 Å². The molecule has 21 heavy (non-hydrogen) atoms. The Hall–Kier alpha value is -1.96. The van der Waals surface area contributed by atoms with Crippen LogP contribution < -0.4 is 16.0 Å². The van der Waals surface area contributed by atoms with Gasteiger partial charge in [0.15, 0.2) is 23.3 Å². The van der Waals surface area contributed by atoms with E-state index >= 15 is 0 Å². The summed E-state index contributed by atoms with van der Waals surface area (Å²) in [4.78, 5) is 16.8. The second kappa shape index (κ2) is 6.66. The molecule has 0 aromatic carbocycles. The lowest BCUT2D eigenvalue weighted by molar-refractivity contribution is -0.121. The Kier molecular flexibility index (Phi) is 4.89. The number of nitrogens with two attached hydrogens (primary N) is 1. The number of hydrogen-bond donors (Lipinski definition) is 2. The van der Waals surface area contributed by atoms with Crippen molar-refractivity contribution in [2.24, 2.45) is 5.73 Å². The minimum atomic E-state index is -0.831. The van der Waals surface area contributed by atoms with Crippen LogP contribution in [0.3, 0.4) is 0 Å². The monoisotopic (exact) mass is 300 g/mol. The average molecular weight is 300 g/mol. The molecule has 116 valence electrons. The number of anilines is 2. The fourth-order valence-corrected chi connectivity index (χ4v) is 2.12. The van der Waals surface area contributed by atoms with Gasteiger partial charge in [0, 0.05) is 19.2 Å². The van der Waals surface area contributed by atoms with Gasteiger partial charge >= 0.3 is 0 Å². The fourth-order valence-electron chi connectivity index (χ4n) is 2.12. The standard InChI is InChI=1S/C13H18F2N4O2/c1-2-3-17-12-8(14)6-9(15)13(18-12)19-4-5-21-7-10(19)11(16)20/h6,10H,2-5,7H2,1H3,(H2,16,20)(H,17,18). The van der Waals surface area contributed by atoms with Crippen LogP contribution in [0.5, 0.6) is 0 Å². The lowest BCUT2D eigenvalue weighted by Crippen LogP contribution is -2.53. The van der Waals surface area contributed by atoms with Crippen molar-refractivity contribution in [3.8, 4) is 0 Å². The van der Waals surface area contributed by atoms with E-state index in [4.69, 9.17) is 10.5 Å². The maximum atomic E-state index is 14.0. The summed E-state index contributed by atoms with van der Waals surface area (Å²) in [5, 5.41) is 2.79.